The lowest BCUT2D eigenvalue weighted by atomic mass is 10.7. The van der Waals surface area contributed by atoms with E-state index in [9.17, 15) is 17.2 Å². The number of nitrogens with one attached hydrogen (secondary N) is 1. The zero-order chi connectivity index (χ0) is 10.3. The SMILES string of the molecule is O=S(=O)(NCCOCCO)C(F)F. The van der Waals surface area contributed by atoms with Crippen molar-refractivity contribution < 1.29 is 27.0 Å². The molecule has 0 aliphatic carbocycles. The Kier molecular flexibility index (Phi) is 6.04. The van der Waals surface area contributed by atoms with Gasteiger partial charge in [0.05, 0.1) is 19.8 Å². The van der Waals surface area contributed by atoms with E-state index in [-0.39, 0.29) is 26.4 Å². The maximum absolute atomic E-state index is 11.7. The average molecular weight is 219 g/mol. The fourth-order valence-electron chi connectivity index (χ4n) is 0.486. The van der Waals surface area contributed by atoms with Gasteiger partial charge < -0.3 is 9.84 Å². The van der Waals surface area contributed by atoms with Gasteiger partial charge in [0.25, 0.3) is 10.0 Å². The first kappa shape index (κ1) is 12.7. The van der Waals surface area contributed by atoms with Crippen molar-refractivity contribution in [2.24, 2.45) is 0 Å². The molecule has 0 amide bonds. The highest BCUT2D eigenvalue weighted by Gasteiger charge is 2.22. The molecule has 0 radical (unpaired) electrons. The quantitative estimate of drug-likeness (QED) is 0.546. The second kappa shape index (κ2) is 6.19. The Balaban J connectivity index is 3.53. The number of ether oxygens (including phenoxy) is 1. The molecule has 80 valence electrons. The Hall–Kier alpha value is -0.310. The molecule has 5 nitrogen and oxygen atoms in total. The average Bonchev–Trinajstić information content (AvgIpc) is 2.03. The van der Waals surface area contributed by atoms with E-state index in [0.717, 1.165) is 0 Å². The summed E-state index contributed by atoms with van der Waals surface area (Å²) in [5.74, 6) is -3.43. The molecule has 0 heterocycles. The molecule has 0 saturated heterocycles. The van der Waals surface area contributed by atoms with Crippen molar-refractivity contribution >= 4 is 10.0 Å². The summed E-state index contributed by atoms with van der Waals surface area (Å²) in [5, 5.41) is 8.23. The lowest BCUT2D eigenvalue weighted by Crippen LogP contribution is -2.32. The van der Waals surface area contributed by atoms with Gasteiger partial charge in [0, 0.05) is 6.54 Å². The maximum atomic E-state index is 11.7. The number of halogens is 2. The largest absolute Gasteiger partial charge is 0.394 e. The summed E-state index contributed by atoms with van der Waals surface area (Å²) >= 11 is 0. The molecule has 0 spiro atoms. The molecule has 13 heavy (non-hydrogen) atoms. The van der Waals surface area contributed by atoms with Gasteiger partial charge >= 0.3 is 5.76 Å². The van der Waals surface area contributed by atoms with Crippen LogP contribution in [0.1, 0.15) is 0 Å². The molecule has 0 aromatic rings. The molecule has 0 aliphatic rings. The van der Waals surface area contributed by atoms with Crippen molar-refractivity contribution in [3.05, 3.63) is 0 Å². The Morgan fingerprint density at radius 2 is 2.00 bits per heavy atom. The Morgan fingerprint density at radius 1 is 1.38 bits per heavy atom. The third-order valence-corrected chi connectivity index (χ3v) is 2.10. The summed E-state index contributed by atoms with van der Waals surface area (Å²) in [5.41, 5.74) is 0. The third-order valence-electron chi connectivity index (χ3n) is 1.02. The van der Waals surface area contributed by atoms with Crippen molar-refractivity contribution in [3.8, 4) is 0 Å². The summed E-state index contributed by atoms with van der Waals surface area (Å²) in [6.45, 7) is -0.419. The van der Waals surface area contributed by atoms with Crippen LogP contribution in [0.2, 0.25) is 0 Å². The van der Waals surface area contributed by atoms with E-state index < -0.39 is 15.8 Å². The van der Waals surface area contributed by atoms with Gasteiger partial charge in [-0.3, -0.25) is 0 Å². The lowest BCUT2D eigenvalue weighted by molar-refractivity contribution is 0.0958. The van der Waals surface area contributed by atoms with Gasteiger partial charge in [-0.15, -0.1) is 0 Å². The molecule has 0 fully saturated rings. The fourth-order valence-corrected chi connectivity index (χ4v) is 0.980. The minimum Gasteiger partial charge on any atom is -0.394 e. The number of hydrogen-bond donors (Lipinski definition) is 2. The monoisotopic (exact) mass is 219 g/mol. The molecule has 0 aliphatic heterocycles. The van der Waals surface area contributed by atoms with Crippen LogP contribution in [0, 0.1) is 0 Å². The number of alkyl halides is 2. The van der Waals surface area contributed by atoms with E-state index in [1.54, 1.807) is 4.72 Å². The fraction of sp³-hybridized carbons (Fsp3) is 1.00. The highest BCUT2D eigenvalue weighted by molar-refractivity contribution is 7.89. The third kappa shape index (κ3) is 5.86. The predicted molar refractivity (Wildman–Crippen MR) is 40.8 cm³/mol. The summed E-state index contributed by atoms with van der Waals surface area (Å²) < 4.78 is 50.4. The molecular formula is C5H11F2NO4S. The highest BCUT2D eigenvalue weighted by Crippen LogP contribution is 2.00. The van der Waals surface area contributed by atoms with E-state index in [1.807, 2.05) is 0 Å². The number of rotatable bonds is 7. The Labute approximate surface area is 74.7 Å². The molecule has 0 rings (SSSR count). The maximum Gasteiger partial charge on any atom is 0.350 e. The molecule has 0 aromatic heterocycles. The van der Waals surface area contributed by atoms with Crippen LogP contribution >= 0.6 is 0 Å². The first-order valence-electron chi connectivity index (χ1n) is 3.46. The van der Waals surface area contributed by atoms with E-state index in [4.69, 9.17) is 5.11 Å². The minimum absolute atomic E-state index is 0.0491. The summed E-state index contributed by atoms with van der Waals surface area (Å²) in [4.78, 5) is 0. The Bertz CT molecular complexity index is 219. The van der Waals surface area contributed by atoms with Crippen LogP contribution in [0.15, 0.2) is 0 Å². The van der Waals surface area contributed by atoms with Crippen molar-refractivity contribution in [2.45, 2.75) is 5.76 Å². The highest BCUT2D eigenvalue weighted by atomic mass is 32.2. The van der Waals surface area contributed by atoms with E-state index in [0.29, 0.717) is 0 Å². The molecule has 0 saturated carbocycles. The van der Waals surface area contributed by atoms with Gasteiger partial charge in [-0.1, -0.05) is 0 Å². The van der Waals surface area contributed by atoms with Gasteiger partial charge in [-0.25, -0.2) is 13.1 Å². The van der Waals surface area contributed by atoms with Crippen molar-refractivity contribution in [3.63, 3.8) is 0 Å². The summed E-state index contributed by atoms with van der Waals surface area (Å²) in [6.07, 6.45) is 0. The first-order chi connectivity index (χ1) is 6.00. The van der Waals surface area contributed by atoms with Crippen LogP contribution in [-0.2, 0) is 14.8 Å². The van der Waals surface area contributed by atoms with E-state index >= 15 is 0 Å². The van der Waals surface area contributed by atoms with Gasteiger partial charge in [0.15, 0.2) is 0 Å². The minimum atomic E-state index is -4.51. The molecule has 2 N–H and O–H groups in total. The number of sulfonamides is 1. The second-order valence-corrected chi connectivity index (χ2v) is 3.77. The van der Waals surface area contributed by atoms with Crippen LogP contribution in [0.5, 0.6) is 0 Å². The summed E-state index contributed by atoms with van der Waals surface area (Å²) in [6, 6.07) is 0. The van der Waals surface area contributed by atoms with E-state index in [1.165, 1.54) is 0 Å². The van der Waals surface area contributed by atoms with Gasteiger partial charge in [-0.2, -0.15) is 8.78 Å². The van der Waals surface area contributed by atoms with Crippen molar-refractivity contribution in [1.29, 1.82) is 0 Å². The van der Waals surface area contributed by atoms with Crippen LogP contribution in [0.3, 0.4) is 0 Å². The standard InChI is InChI=1S/C5H11F2NO4S/c6-5(7)13(10,11)8-1-3-12-4-2-9/h5,8-9H,1-4H2. The van der Waals surface area contributed by atoms with E-state index in [2.05, 4.69) is 4.74 Å². The molecule has 0 unspecified atom stereocenters. The smallest absolute Gasteiger partial charge is 0.350 e. The Morgan fingerprint density at radius 3 is 2.46 bits per heavy atom. The lowest BCUT2D eigenvalue weighted by Gasteiger charge is -2.05. The predicted octanol–water partition coefficient (Wildman–Crippen LogP) is -0.863. The molecule has 8 heteroatoms. The second-order valence-electron chi connectivity index (χ2n) is 2.04. The normalized spacial score (nSPS) is 12.3. The first-order valence-corrected chi connectivity index (χ1v) is 5.00. The number of hydrogen-bond acceptors (Lipinski definition) is 4. The van der Waals surface area contributed by atoms with Crippen LogP contribution in [0.4, 0.5) is 8.78 Å². The zero-order valence-corrected chi connectivity index (χ0v) is 7.56. The van der Waals surface area contributed by atoms with Gasteiger partial charge in [-0.05, 0) is 0 Å². The van der Waals surface area contributed by atoms with Crippen LogP contribution in [-0.4, -0.2) is 45.6 Å². The van der Waals surface area contributed by atoms with Crippen molar-refractivity contribution in [1.82, 2.24) is 4.72 Å². The number of aliphatic hydroxyl groups excluding tert-OH is 1. The van der Waals surface area contributed by atoms with Crippen molar-refractivity contribution in [2.75, 3.05) is 26.4 Å². The molecule has 0 atom stereocenters. The number of aliphatic hydroxyl groups is 1. The topological polar surface area (TPSA) is 75.6 Å². The molecular weight excluding hydrogens is 208 g/mol. The zero-order valence-electron chi connectivity index (χ0n) is 6.74. The molecule has 0 aromatic carbocycles. The van der Waals surface area contributed by atoms with Crippen LogP contribution in [0.25, 0.3) is 0 Å². The summed E-state index contributed by atoms with van der Waals surface area (Å²) in [7, 11) is -4.51. The van der Waals surface area contributed by atoms with Crippen LogP contribution < -0.4 is 4.72 Å². The molecule has 0 bridgehead atoms. The van der Waals surface area contributed by atoms with Gasteiger partial charge in [0.1, 0.15) is 0 Å². The van der Waals surface area contributed by atoms with Gasteiger partial charge in [0.2, 0.25) is 0 Å².